The summed E-state index contributed by atoms with van der Waals surface area (Å²) in [5, 5.41) is 0.692. The summed E-state index contributed by atoms with van der Waals surface area (Å²) >= 11 is 6.17. The van der Waals surface area contributed by atoms with Gasteiger partial charge in [0.05, 0.1) is 11.6 Å². The van der Waals surface area contributed by atoms with Crippen molar-refractivity contribution in [2.24, 2.45) is 5.41 Å². The Kier molecular flexibility index (Phi) is 4.72. The highest BCUT2D eigenvalue weighted by Gasteiger charge is 2.16. The zero-order chi connectivity index (χ0) is 14.0. The lowest BCUT2D eigenvalue weighted by molar-refractivity contribution is 0.243. The lowest BCUT2D eigenvalue weighted by atomic mass is 9.87. The zero-order valence-electron chi connectivity index (χ0n) is 12.4. The summed E-state index contributed by atoms with van der Waals surface area (Å²) in [5.41, 5.74) is 1.65. The first kappa shape index (κ1) is 15.4. The average Bonchev–Trinajstić information content (AvgIpc) is 2.17. The van der Waals surface area contributed by atoms with E-state index < -0.39 is 0 Å². The molecule has 0 heterocycles. The highest BCUT2D eigenvalue weighted by Crippen LogP contribution is 2.32. The van der Waals surface area contributed by atoms with Crippen LogP contribution in [0.1, 0.15) is 53.5 Å². The van der Waals surface area contributed by atoms with Gasteiger partial charge in [-0.25, -0.2) is 0 Å². The molecule has 0 aliphatic rings. The Morgan fingerprint density at radius 3 is 2.17 bits per heavy atom. The summed E-state index contributed by atoms with van der Waals surface area (Å²) in [5.74, 6) is 0.799. The van der Waals surface area contributed by atoms with E-state index >= 15 is 0 Å². The van der Waals surface area contributed by atoms with Gasteiger partial charge in [-0.05, 0) is 34.9 Å². The van der Waals surface area contributed by atoms with Crippen LogP contribution in [-0.2, 0) is 5.41 Å². The van der Waals surface area contributed by atoms with Gasteiger partial charge in [0.2, 0.25) is 0 Å². The van der Waals surface area contributed by atoms with Crippen LogP contribution in [0, 0.1) is 5.41 Å². The summed E-state index contributed by atoms with van der Waals surface area (Å²) in [4.78, 5) is 0. The van der Waals surface area contributed by atoms with Gasteiger partial charge in [-0.3, -0.25) is 0 Å². The van der Waals surface area contributed by atoms with Gasteiger partial charge < -0.3 is 4.74 Å². The summed E-state index contributed by atoms with van der Waals surface area (Å²) in [6.07, 6.45) is 1.02. The minimum Gasteiger partial charge on any atom is -0.492 e. The fourth-order valence-corrected chi connectivity index (χ4v) is 1.72. The van der Waals surface area contributed by atoms with Crippen molar-refractivity contribution in [3.05, 3.63) is 28.8 Å². The third kappa shape index (κ3) is 4.89. The molecule has 0 unspecified atom stereocenters. The van der Waals surface area contributed by atoms with Crippen LogP contribution in [0.25, 0.3) is 0 Å². The minimum atomic E-state index is 0.118. The van der Waals surface area contributed by atoms with E-state index in [1.165, 1.54) is 5.56 Å². The summed E-state index contributed by atoms with van der Waals surface area (Å²) in [6.45, 7) is 13.9. The van der Waals surface area contributed by atoms with Crippen molar-refractivity contribution in [1.29, 1.82) is 0 Å². The summed E-state index contributed by atoms with van der Waals surface area (Å²) in [7, 11) is 0. The Bertz CT molecular complexity index is 397. The van der Waals surface area contributed by atoms with E-state index in [1.807, 2.05) is 6.07 Å². The maximum absolute atomic E-state index is 6.17. The van der Waals surface area contributed by atoms with Gasteiger partial charge in [-0.1, -0.05) is 59.2 Å². The molecule has 1 aromatic rings. The number of halogens is 1. The van der Waals surface area contributed by atoms with Gasteiger partial charge in [0.25, 0.3) is 0 Å². The third-order valence-electron chi connectivity index (χ3n) is 2.91. The van der Waals surface area contributed by atoms with Crippen molar-refractivity contribution in [1.82, 2.24) is 0 Å². The Morgan fingerprint density at radius 2 is 1.67 bits per heavy atom. The normalized spacial score (nSPS) is 12.6. The van der Waals surface area contributed by atoms with Gasteiger partial charge in [0, 0.05) is 0 Å². The van der Waals surface area contributed by atoms with E-state index in [0.717, 1.165) is 12.2 Å². The molecule has 18 heavy (non-hydrogen) atoms. The first-order chi connectivity index (χ1) is 8.09. The van der Waals surface area contributed by atoms with E-state index in [-0.39, 0.29) is 10.8 Å². The first-order valence-electron chi connectivity index (χ1n) is 6.52. The minimum absolute atomic E-state index is 0.118. The molecule has 0 N–H and O–H groups in total. The molecule has 0 atom stereocenters. The number of hydrogen-bond donors (Lipinski definition) is 0. The van der Waals surface area contributed by atoms with Crippen LogP contribution >= 0.6 is 11.6 Å². The molecular formula is C16H25ClO. The van der Waals surface area contributed by atoms with E-state index in [0.29, 0.717) is 11.6 Å². The second-order valence-corrected chi connectivity index (χ2v) is 7.46. The van der Waals surface area contributed by atoms with E-state index in [2.05, 4.69) is 53.7 Å². The topological polar surface area (TPSA) is 9.23 Å². The van der Waals surface area contributed by atoms with E-state index in [9.17, 15) is 0 Å². The molecule has 0 saturated heterocycles. The first-order valence-corrected chi connectivity index (χ1v) is 6.90. The van der Waals surface area contributed by atoms with Crippen molar-refractivity contribution in [3.8, 4) is 5.75 Å². The molecule has 0 aromatic heterocycles. The number of ether oxygens (including phenoxy) is 1. The molecule has 1 nitrogen and oxygen atoms in total. The molecule has 1 aromatic carbocycles. The average molecular weight is 269 g/mol. The largest absolute Gasteiger partial charge is 0.492 e. The molecule has 0 aliphatic carbocycles. The Hall–Kier alpha value is -0.690. The van der Waals surface area contributed by atoms with Crippen LogP contribution in [0.5, 0.6) is 5.75 Å². The molecule has 0 saturated carbocycles. The molecule has 0 radical (unpaired) electrons. The van der Waals surface area contributed by atoms with Crippen LogP contribution in [-0.4, -0.2) is 6.61 Å². The number of hydrogen-bond acceptors (Lipinski definition) is 1. The fourth-order valence-electron chi connectivity index (χ4n) is 1.55. The van der Waals surface area contributed by atoms with Gasteiger partial charge >= 0.3 is 0 Å². The number of rotatable bonds is 3. The molecule has 1 rings (SSSR count). The van der Waals surface area contributed by atoms with Crippen molar-refractivity contribution >= 4 is 11.6 Å². The van der Waals surface area contributed by atoms with E-state index in [1.54, 1.807) is 0 Å². The van der Waals surface area contributed by atoms with Crippen molar-refractivity contribution in [2.45, 2.75) is 53.4 Å². The Labute approximate surface area is 116 Å². The maximum Gasteiger partial charge on any atom is 0.138 e. The lowest BCUT2D eigenvalue weighted by Crippen LogP contribution is -2.13. The van der Waals surface area contributed by atoms with Crippen LogP contribution in [0.2, 0.25) is 5.02 Å². The monoisotopic (exact) mass is 268 g/mol. The van der Waals surface area contributed by atoms with Crippen molar-refractivity contribution < 1.29 is 4.74 Å². The van der Waals surface area contributed by atoms with Gasteiger partial charge in [-0.2, -0.15) is 0 Å². The molecular weight excluding hydrogens is 244 g/mol. The van der Waals surface area contributed by atoms with Gasteiger partial charge in [0.1, 0.15) is 5.75 Å². The second-order valence-electron chi connectivity index (χ2n) is 7.05. The zero-order valence-corrected chi connectivity index (χ0v) is 13.2. The molecule has 0 spiro atoms. The Morgan fingerprint density at radius 1 is 1.06 bits per heavy atom. The fraction of sp³-hybridized carbons (Fsp3) is 0.625. The predicted octanol–water partition coefficient (Wildman–Crippen LogP) is 5.45. The quantitative estimate of drug-likeness (QED) is 0.708. The molecule has 102 valence electrons. The SMILES string of the molecule is CC(C)(C)CCOc1cc(C(C)(C)C)ccc1Cl. The third-order valence-corrected chi connectivity index (χ3v) is 3.22. The number of benzene rings is 1. The van der Waals surface area contributed by atoms with Crippen LogP contribution in [0.3, 0.4) is 0 Å². The van der Waals surface area contributed by atoms with Crippen molar-refractivity contribution in [3.63, 3.8) is 0 Å². The van der Waals surface area contributed by atoms with Crippen LogP contribution in [0.4, 0.5) is 0 Å². The molecule has 0 aliphatic heterocycles. The van der Waals surface area contributed by atoms with Crippen molar-refractivity contribution in [2.75, 3.05) is 6.61 Å². The van der Waals surface area contributed by atoms with Gasteiger partial charge in [-0.15, -0.1) is 0 Å². The lowest BCUT2D eigenvalue weighted by Gasteiger charge is -2.22. The second kappa shape index (κ2) is 5.52. The Balaban J connectivity index is 2.76. The summed E-state index contributed by atoms with van der Waals surface area (Å²) < 4.78 is 5.82. The highest BCUT2D eigenvalue weighted by atomic mass is 35.5. The highest BCUT2D eigenvalue weighted by molar-refractivity contribution is 6.32. The van der Waals surface area contributed by atoms with Crippen LogP contribution in [0.15, 0.2) is 18.2 Å². The molecule has 0 amide bonds. The standard InChI is InChI=1S/C16H25ClO/c1-15(2,3)9-10-18-14-11-12(16(4,5)6)7-8-13(14)17/h7-8,11H,9-10H2,1-6H3. The van der Waals surface area contributed by atoms with Crippen LogP contribution < -0.4 is 4.74 Å². The molecule has 0 bridgehead atoms. The summed E-state index contributed by atoms with van der Waals surface area (Å²) in [6, 6.07) is 6.05. The smallest absolute Gasteiger partial charge is 0.138 e. The predicted molar refractivity (Wildman–Crippen MR) is 79.7 cm³/mol. The molecule has 2 heteroatoms. The van der Waals surface area contributed by atoms with Gasteiger partial charge in [0.15, 0.2) is 0 Å². The molecule has 0 fully saturated rings. The maximum atomic E-state index is 6.17. The van der Waals surface area contributed by atoms with E-state index in [4.69, 9.17) is 16.3 Å².